The Morgan fingerprint density at radius 3 is 2.72 bits per heavy atom. The van der Waals surface area contributed by atoms with Gasteiger partial charge in [-0.3, -0.25) is 0 Å². The van der Waals surface area contributed by atoms with Crippen LogP contribution in [0.5, 0.6) is 0 Å². The molecule has 0 atom stereocenters. The predicted octanol–water partition coefficient (Wildman–Crippen LogP) is 4.66. The molecule has 0 aliphatic heterocycles. The number of aryl methyl sites for hydroxylation is 1. The lowest BCUT2D eigenvalue weighted by Crippen LogP contribution is -1.96. The minimum absolute atomic E-state index is 0.746. The van der Waals surface area contributed by atoms with Gasteiger partial charge in [0, 0.05) is 23.0 Å². The third kappa shape index (κ3) is 2.84. The smallest absolute Gasteiger partial charge is 0.143 e. The van der Waals surface area contributed by atoms with Gasteiger partial charge in [0.05, 0.1) is 5.39 Å². The van der Waals surface area contributed by atoms with Gasteiger partial charge in [-0.25, -0.2) is 9.97 Å². The summed E-state index contributed by atoms with van der Waals surface area (Å²) in [7, 11) is 0. The fourth-order valence-electron chi connectivity index (χ4n) is 2.84. The van der Waals surface area contributed by atoms with Gasteiger partial charge in [0.25, 0.3) is 0 Å². The quantitative estimate of drug-likeness (QED) is 0.539. The second-order valence-corrected chi connectivity index (χ2v) is 5.86. The van der Waals surface area contributed by atoms with E-state index in [0.29, 0.717) is 0 Å². The summed E-state index contributed by atoms with van der Waals surface area (Å²) in [5.41, 5.74) is 5.92. The Hall–Kier alpha value is -3.58. The number of rotatable bonds is 3. The first kappa shape index (κ1) is 15.0. The van der Waals surface area contributed by atoms with Crippen molar-refractivity contribution in [3.8, 4) is 23.5 Å². The molecule has 0 amide bonds. The second-order valence-electron chi connectivity index (χ2n) is 5.86. The maximum absolute atomic E-state index is 5.49. The van der Waals surface area contributed by atoms with Crippen molar-refractivity contribution in [3.05, 3.63) is 72.2 Å². The number of hydrogen-bond donors (Lipinski definition) is 2. The summed E-state index contributed by atoms with van der Waals surface area (Å²) < 4.78 is 0. The van der Waals surface area contributed by atoms with E-state index in [-0.39, 0.29) is 0 Å². The van der Waals surface area contributed by atoms with Crippen LogP contribution in [0.25, 0.3) is 22.2 Å². The van der Waals surface area contributed by atoms with Gasteiger partial charge in [0.2, 0.25) is 0 Å². The molecule has 2 aromatic carbocycles. The molecule has 0 radical (unpaired) electrons. The van der Waals surface area contributed by atoms with Gasteiger partial charge >= 0.3 is 0 Å². The Balaban J connectivity index is 1.83. The van der Waals surface area contributed by atoms with Crippen molar-refractivity contribution in [2.45, 2.75) is 6.92 Å². The Morgan fingerprint density at radius 2 is 1.92 bits per heavy atom. The monoisotopic (exact) mass is 324 g/mol. The van der Waals surface area contributed by atoms with E-state index >= 15 is 0 Å². The fraction of sp³-hybridized carbons (Fsp3) is 0.0476. The number of hydrogen-bond acceptors (Lipinski definition) is 3. The van der Waals surface area contributed by atoms with Crippen molar-refractivity contribution in [3.63, 3.8) is 0 Å². The van der Waals surface area contributed by atoms with Crippen molar-refractivity contribution < 1.29 is 0 Å². The molecule has 4 nitrogen and oxygen atoms in total. The minimum atomic E-state index is 0.746. The lowest BCUT2D eigenvalue weighted by Gasteiger charge is -2.09. The molecular formula is C21H16N4. The molecule has 120 valence electrons. The maximum atomic E-state index is 5.49. The first-order chi connectivity index (χ1) is 12.2. The average molecular weight is 324 g/mol. The molecular weight excluding hydrogens is 308 g/mol. The third-order valence-corrected chi connectivity index (χ3v) is 4.12. The van der Waals surface area contributed by atoms with Crippen molar-refractivity contribution in [1.82, 2.24) is 15.0 Å². The molecule has 2 aromatic heterocycles. The first-order valence-corrected chi connectivity index (χ1v) is 7.97. The molecule has 0 spiro atoms. The van der Waals surface area contributed by atoms with Crippen LogP contribution in [0.15, 0.2) is 61.1 Å². The zero-order valence-electron chi connectivity index (χ0n) is 13.7. The second kappa shape index (κ2) is 6.14. The normalized spacial score (nSPS) is 10.6. The van der Waals surface area contributed by atoms with Crippen LogP contribution in [0.3, 0.4) is 0 Å². The number of terminal acetylenes is 1. The average Bonchev–Trinajstić information content (AvgIpc) is 3.08. The zero-order valence-corrected chi connectivity index (χ0v) is 13.7. The standard InChI is InChI=1S/C21H16N4/c1-3-15-5-4-6-17(11-15)25-21-19-18(12-22-20(19)23-13-24-21)16-9-7-14(2)8-10-16/h1,4-13H,2H3,(H2,22,23,24,25). The van der Waals surface area contributed by atoms with Gasteiger partial charge < -0.3 is 10.3 Å². The van der Waals surface area contributed by atoms with Crippen LogP contribution in [0.4, 0.5) is 11.5 Å². The number of aromatic amines is 1. The number of anilines is 2. The molecule has 0 saturated heterocycles. The summed E-state index contributed by atoms with van der Waals surface area (Å²) in [4.78, 5) is 12.0. The Kier molecular flexibility index (Phi) is 3.68. The zero-order chi connectivity index (χ0) is 17.2. The molecule has 0 fully saturated rings. The van der Waals surface area contributed by atoms with Crippen LogP contribution in [0, 0.1) is 19.3 Å². The van der Waals surface area contributed by atoms with Crippen LogP contribution in [-0.4, -0.2) is 15.0 Å². The van der Waals surface area contributed by atoms with E-state index in [0.717, 1.165) is 39.2 Å². The van der Waals surface area contributed by atoms with Gasteiger partial charge in [-0.15, -0.1) is 6.42 Å². The maximum Gasteiger partial charge on any atom is 0.143 e. The van der Waals surface area contributed by atoms with Crippen LogP contribution in [0.2, 0.25) is 0 Å². The summed E-state index contributed by atoms with van der Waals surface area (Å²) in [6.07, 6.45) is 9.00. The van der Waals surface area contributed by atoms with E-state index in [2.05, 4.69) is 57.4 Å². The van der Waals surface area contributed by atoms with E-state index < -0.39 is 0 Å². The minimum Gasteiger partial charge on any atom is -0.345 e. The van der Waals surface area contributed by atoms with Crippen molar-refractivity contribution in [1.29, 1.82) is 0 Å². The highest BCUT2D eigenvalue weighted by molar-refractivity contribution is 6.01. The lowest BCUT2D eigenvalue weighted by atomic mass is 10.0. The highest BCUT2D eigenvalue weighted by Crippen LogP contribution is 2.33. The number of benzene rings is 2. The molecule has 2 heterocycles. The van der Waals surface area contributed by atoms with Crippen LogP contribution in [-0.2, 0) is 0 Å². The topological polar surface area (TPSA) is 53.6 Å². The van der Waals surface area contributed by atoms with E-state index in [9.17, 15) is 0 Å². The summed E-state index contributed by atoms with van der Waals surface area (Å²) >= 11 is 0. The molecule has 0 aliphatic rings. The molecule has 4 rings (SSSR count). The van der Waals surface area contributed by atoms with Crippen LogP contribution in [0.1, 0.15) is 11.1 Å². The summed E-state index contributed by atoms with van der Waals surface area (Å²) in [6.45, 7) is 2.08. The predicted molar refractivity (Wildman–Crippen MR) is 102 cm³/mol. The highest BCUT2D eigenvalue weighted by Gasteiger charge is 2.13. The summed E-state index contributed by atoms with van der Waals surface area (Å²) in [6, 6.07) is 16.1. The molecule has 4 heteroatoms. The van der Waals surface area contributed by atoms with E-state index in [1.54, 1.807) is 6.33 Å². The number of aromatic nitrogens is 3. The van der Waals surface area contributed by atoms with Gasteiger partial charge in [-0.1, -0.05) is 41.8 Å². The molecule has 0 aliphatic carbocycles. The highest BCUT2D eigenvalue weighted by atomic mass is 15.0. The molecule has 2 N–H and O–H groups in total. The van der Waals surface area contributed by atoms with Gasteiger partial charge in [0.1, 0.15) is 17.8 Å². The molecule has 0 bridgehead atoms. The first-order valence-electron chi connectivity index (χ1n) is 7.97. The van der Waals surface area contributed by atoms with E-state index in [1.807, 2.05) is 30.5 Å². The number of H-pyrrole nitrogens is 1. The molecule has 0 unspecified atom stereocenters. The van der Waals surface area contributed by atoms with Gasteiger partial charge in [0.15, 0.2) is 0 Å². The summed E-state index contributed by atoms with van der Waals surface area (Å²) in [5.74, 6) is 3.40. The Bertz CT molecular complexity index is 1090. The number of nitrogens with one attached hydrogen (secondary N) is 2. The van der Waals surface area contributed by atoms with Crippen LogP contribution < -0.4 is 5.32 Å². The van der Waals surface area contributed by atoms with Crippen LogP contribution >= 0.6 is 0 Å². The Labute approximate surface area is 146 Å². The largest absolute Gasteiger partial charge is 0.345 e. The van der Waals surface area contributed by atoms with Crippen molar-refractivity contribution in [2.75, 3.05) is 5.32 Å². The number of fused-ring (bicyclic) bond motifs is 1. The van der Waals surface area contributed by atoms with Gasteiger partial charge in [-0.2, -0.15) is 0 Å². The SMILES string of the molecule is C#Cc1cccc(Nc2ncnc3[nH]cc(-c4ccc(C)cc4)c23)c1. The van der Waals surface area contributed by atoms with Crippen molar-refractivity contribution >= 4 is 22.5 Å². The lowest BCUT2D eigenvalue weighted by molar-refractivity contribution is 1.20. The summed E-state index contributed by atoms with van der Waals surface area (Å²) in [5, 5.41) is 4.32. The fourth-order valence-corrected chi connectivity index (χ4v) is 2.84. The number of nitrogens with zero attached hydrogens (tertiary/aromatic N) is 2. The van der Waals surface area contributed by atoms with Gasteiger partial charge in [-0.05, 0) is 30.7 Å². The molecule has 0 saturated carbocycles. The van der Waals surface area contributed by atoms with E-state index in [1.165, 1.54) is 5.56 Å². The molecule has 4 aromatic rings. The molecule has 25 heavy (non-hydrogen) atoms. The Morgan fingerprint density at radius 1 is 1.08 bits per heavy atom. The van der Waals surface area contributed by atoms with E-state index in [4.69, 9.17) is 6.42 Å². The third-order valence-electron chi connectivity index (χ3n) is 4.12. The van der Waals surface area contributed by atoms with Crippen molar-refractivity contribution in [2.24, 2.45) is 0 Å².